The van der Waals surface area contributed by atoms with Gasteiger partial charge in [-0.05, 0) is 23.7 Å². The van der Waals surface area contributed by atoms with Crippen LogP contribution in [-0.2, 0) is 5.41 Å². The van der Waals surface area contributed by atoms with Crippen LogP contribution in [0.4, 0.5) is 0 Å². The lowest BCUT2D eigenvalue weighted by Crippen LogP contribution is -2.12. The molecule has 0 saturated carbocycles. The summed E-state index contributed by atoms with van der Waals surface area (Å²) in [6, 6.07) is 8.03. The summed E-state index contributed by atoms with van der Waals surface area (Å²) >= 11 is 0. The van der Waals surface area contributed by atoms with E-state index in [-0.39, 0.29) is 11.8 Å². The first kappa shape index (κ1) is 12.5. The molecule has 0 heterocycles. The first-order valence-electron chi connectivity index (χ1n) is 5.04. The predicted molar refractivity (Wildman–Crippen MR) is 65.7 cm³/mol. The summed E-state index contributed by atoms with van der Waals surface area (Å²) in [4.78, 5) is 0. The fourth-order valence-corrected chi connectivity index (χ4v) is 1.92. The van der Waals surface area contributed by atoms with Crippen molar-refractivity contribution in [3.05, 3.63) is 29.8 Å². The van der Waals surface area contributed by atoms with Crippen LogP contribution in [0.2, 0.25) is 0 Å². The monoisotopic (exact) mass is 226 g/mol. The van der Waals surface area contributed by atoms with E-state index in [2.05, 4.69) is 26.8 Å². The SMILES string of the molecule is CP(CO)Oc1ccccc1C(C)(C)C. The number of hydrogen-bond donors (Lipinski definition) is 1. The van der Waals surface area contributed by atoms with Crippen LogP contribution >= 0.6 is 8.15 Å². The Morgan fingerprint density at radius 3 is 2.40 bits per heavy atom. The highest BCUT2D eigenvalue weighted by Crippen LogP contribution is 2.38. The zero-order valence-corrected chi connectivity index (χ0v) is 10.7. The van der Waals surface area contributed by atoms with Gasteiger partial charge < -0.3 is 9.63 Å². The molecule has 0 aliphatic rings. The number of aliphatic hydroxyl groups is 1. The van der Waals surface area contributed by atoms with E-state index in [1.807, 2.05) is 24.9 Å². The van der Waals surface area contributed by atoms with Gasteiger partial charge in [0.2, 0.25) is 0 Å². The summed E-state index contributed by atoms with van der Waals surface area (Å²) in [5, 5.41) is 8.99. The maximum Gasteiger partial charge on any atom is 0.127 e. The highest BCUT2D eigenvalue weighted by molar-refractivity contribution is 7.51. The van der Waals surface area contributed by atoms with Crippen molar-refractivity contribution in [2.45, 2.75) is 26.2 Å². The molecule has 2 nitrogen and oxygen atoms in total. The van der Waals surface area contributed by atoms with Crippen LogP contribution in [0.1, 0.15) is 26.3 Å². The molecule has 1 N–H and O–H groups in total. The van der Waals surface area contributed by atoms with Crippen LogP contribution in [-0.4, -0.2) is 18.1 Å². The molecule has 1 aromatic carbocycles. The fourth-order valence-electron chi connectivity index (χ4n) is 1.36. The van der Waals surface area contributed by atoms with Gasteiger partial charge in [-0.15, -0.1) is 0 Å². The largest absolute Gasteiger partial charge is 0.472 e. The second kappa shape index (κ2) is 4.96. The van der Waals surface area contributed by atoms with Crippen molar-refractivity contribution < 1.29 is 9.63 Å². The van der Waals surface area contributed by atoms with Crippen LogP contribution in [0.25, 0.3) is 0 Å². The van der Waals surface area contributed by atoms with Gasteiger partial charge >= 0.3 is 0 Å². The number of aliphatic hydroxyl groups excluding tert-OH is 1. The zero-order valence-electron chi connectivity index (χ0n) is 9.82. The predicted octanol–water partition coefficient (Wildman–Crippen LogP) is 3.34. The molecule has 0 radical (unpaired) electrons. The van der Waals surface area contributed by atoms with Crippen molar-refractivity contribution >= 4 is 8.15 Å². The highest BCUT2D eigenvalue weighted by atomic mass is 31.1. The van der Waals surface area contributed by atoms with Gasteiger partial charge in [-0.25, -0.2) is 0 Å². The van der Waals surface area contributed by atoms with Gasteiger partial charge in [-0.3, -0.25) is 0 Å². The maximum absolute atomic E-state index is 8.99. The van der Waals surface area contributed by atoms with E-state index in [0.29, 0.717) is 0 Å². The summed E-state index contributed by atoms with van der Waals surface area (Å²) in [6.45, 7) is 8.40. The van der Waals surface area contributed by atoms with E-state index in [1.54, 1.807) is 0 Å². The Hall–Kier alpha value is -0.590. The van der Waals surface area contributed by atoms with Gasteiger partial charge in [-0.1, -0.05) is 39.0 Å². The lowest BCUT2D eigenvalue weighted by molar-refractivity contribution is 0.358. The number of para-hydroxylation sites is 1. The second-order valence-electron chi connectivity index (χ2n) is 4.61. The number of hydrogen-bond acceptors (Lipinski definition) is 2. The van der Waals surface area contributed by atoms with Crippen molar-refractivity contribution in [1.29, 1.82) is 0 Å². The average Bonchev–Trinajstić information content (AvgIpc) is 2.17. The molecule has 1 atom stereocenters. The van der Waals surface area contributed by atoms with Crippen molar-refractivity contribution in [3.8, 4) is 5.75 Å². The lowest BCUT2D eigenvalue weighted by atomic mass is 9.86. The van der Waals surface area contributed by atoms with Crippen LogP contribution in [0.3, 0.4) is 0 Å². The minimum atomic E-state index is -0.762. The Kier molecular flexibility index (Phi) is 4.12. The van der Waals surface area contributed by atoms with Gasteiger partial charge in [0.15, 0.2) is 0 Å². The van der Waals surface area contributed by atoms with Crippen molar-refractivity contribution in [2.24, 2.45) is 0 Å². The van der Waals surface area contributed by atoms with Gasteiger partial charge in [0.1, 0.15) is 13.9 Å². The summed E-state index contributed by atoms with van der Waals surface area (Å²) in [5.41, 5.74) is 1.26. The molecule has 15 heavy (non-hydrogen) atoms. The van der Waals surface area contributed by atoms with Gasteiger partial charge in [0.25, 0.3) is 0 Å². The topological polar surface area (TPSA) is 29.5 Å². The molecular weight excluding hydrogens is 207 g/mol. The Morgan fingerprint density at radius 1 is 1.27 bits per heavy atom. The van der Waals surface area contributed by atoms with E-state index in [4.69, 9.17) is 9.63 Å². The molecule has 0 bridgehead atoms. The maximum atomic E-state index is 8.99. The molecule has 1 unspecified atom stereocenters. The number of rotatable bonds is 3. The van der Waals surface area contributed by atoms with E-state index in [1.165, 1.54) is 5.56 Å². The zero-order chi connectivity index (χ0) is 11.5. The van der Waals surface area contributed by atoms with Crippen LogP contribution in [0.5, 0.6) is 5.75 Å². The summed E-state index contributed by atoms with van der Waals surface area (Å²) in [6.07, 6.45) is 0.105. The lowest BCUT2D eigenvalue weighted by Gasteiger charge is -2.24. The Bertz CT molecular complexity index is 318. The molecule has 0 aromatic heterocycles. The van der Waals surface area contributed by atoms with Crippen LogP contribution in [0, 0.1) is 0 Å². The summed E-state index contributed by atoms with van der Waals surface area (Å²) in [7, 11) is -0.762. The average molecular weight is 226 g/mol. The quantitative estimate of drug-likeness (QED) is 0.801. The molecule has 0 aliphatic heterocycles. The molecule has 0 amide bonds. The summed E-state index contributed by atoms with van der Waals surface area (Å²) < 4.78 is 5.74. The molecule has 1 aromatic rings. The van der Waals surface area contributed by atoms with Crippen molar-refractivity contribution in [2.75, 3.05) is 13.0 Å². The minimum Gasteiger partial charge on any atom is -0.472 e. The Labute approximate surface area is 93.1 Å². The molecular formula is C12H19O2P. The number of benzene rings is 1. The Morgan fingerprint density at radius 2 is 1.87 bits per heavy atom. The third kappa shape index (κ3) is 3.48. The fraction of sp³-hybridized carbons (Fsp3) is 0.500. The van der Waals surface area contributed by atoms with E-state index in [9.17, 15) is 0 Å². The molecule has 0 saturated heterocycles. The first-order valence-corrected chi connectivity index (χ1v) is 6.94. The molecule has 84 valence electrons. The third-order valence-electron chi connectivity index (χ3n) is 2.15. The normalized spacial score (nSPS) is 13.7. The Balaban J connectivity index is 2.97. The first-order chi connectivity index (χ1) is 6.95. The molecule has 0 spiro atoms. The van der Waals surface area contributed by atoms with Crippen LogP contribution in [0.15, 0.2) is 24.3 Å². The molecule has 0 fully saturated rings. The van der Waals surface area contributed by atoms with Crippen LogP contribution < -0.4 is 4.52 Å². The van der Waals surface area contributed by atoms with E-state index >= 15 is 0 Å². The molecule has 1 rings (SSSR count). The highest BCUT2D eigenvalue weighted by Gasteiger charge is 2.19. The van der Waals surface area contributed by atoms with Crippen molar-refractivity contribution in [1.82, 2.24) is 0 Å². The molecule has 3 heteroatoms. The minimum absolute atomic E-state index is 0.0716. The van der Waals surface area contributed by atoms with E-state index in [0.717, 1.165) is 5.75 Å². The van der Waals surface area contributed by atoms with E-state index < -0.39 is 8.15 Å². The molecule has 0 aliphatic carbocycles. The smallest absolute Gasteiger partial charge is 0.127 e. The van der Waals surface area contributed by atoms with Crippen molar-refractivity contribution in [3.63, 3.8) is 0 Å². The van der Waals surface area contributed by atoms with Gasteiger partial charge in [0, 0.05) is 0 Å². The van der Waals surface area contributed by atoms with Gasteiger partial charge in [0.05, 0.1) is 6.35 Å². The third-order valence-corrected chi connectivity index (χ3v) is 3.06. The van der Waals surface area contributed by atoms with Gasteiger partial charge in [-0.2, -0.15) is 0 Å². The standard InChI is InChI=1S/C12H19O2P/c1-12(2,3)10-7-5-6-8-11(10)14-15(4)9-13/h5-8,13H,9H2,1-4H3. The second-order valence-corrected chi connectivity index (χ2v) is 6.33. The summed E-state index contributed by atoms with van der Waals surface area (Å²) in [5.74, 6) is 0.896.